The van der Waals surface area contributed by atoms with Gasteiger partial charge in [0.2, 0.25) is 5.82 Å². The third kappa shape index (κ3) is 2.91. The van der Waals surface area contributed by atoms with Crippen LogP contribution in [0.4, 0.5) is 4.39 Å². The summed E-state index contributed by atoms with van der Waals surface area (Å²) in [6.07, 6.45) is 1.82. The zero-order chi connectivity index (χ0) is 12.3. The molecule has 17 heavy (non-hydrogen) atoms. The maximum Gasteiger partial charge on any atom is 0.259 e. The second-order valence-corrected chi connectivity index (χ2v) is 4.59. The predicted octanol–water partition coefficient (Wildman–Crippen LogP) is 3.58. The fourth-order valence-electron chi connectivity index (χ4n) is 1.32. The van der Waals surface area contributed by atoms with Crippen molar-refractivity contribution in [2.75, 3.05) is 0 Å². The van der Waals surface area contributed by atoms with E-state index in [2.05, 4.69) is 32.6 Å². The molecule has 0 aliphatic carbocycles. The van der Waals surface area contributed by atoms with E-state index in [1.165, 1.54) is 6.33 Å². The van der Waals surface area contributed by atoms with Gasteiger partial charge in [0.15, 0.2) is 0 Å². The normalized spacial score (nSPS) is 10.3. The first-order valence-corrected chi connectivity index (χ1v) is 6.21. The van der Waals surface area contributed by atoms with Gasteiger partial charge < -0.3 is 4.74 Å². The zero-order valence-electron chi connectivity index (χ0n) is 9.15. The first-order chi connectivity index (χ1) is 8.20. The largest absolute Gasteiger partial charge is 0.436 e. The van der Waals surface area contributed by atoms with E-state index in [-0.39, 0.29) is 5.88 Å². The Kier molecular flexibility index (Phi) is 3.88. The van der Waals surface area contributed by atoms with Crippen molar-refractivity contribution in [3.8, 4) is 11.6 Å². The van der Waals surface area contributed by atoms with Crippen molar-refractivity contribution in [1.82, 2.24) is 9.97 Å². The third-order valence-corrected chi connectivity index (χ3v) is 2.91. The van der Waals surface area contributed by atoms with E-state index in [1.807, 2.05) is 19.1 Å². The van der Waals surface area contributed by atoms with E-state index in [9.17, 15) is 4.39 Å². The average Bonchev–Trinajstić information content (AvgIpc) is 2.35. The number of halogens is 2. The molecule has 0 radical (unpaired) electrons. The molecule has 0 saturated carbocycles. The van der Waals surface area contributed by atoms with Crippen molar-refractivity contribution in [2.24, 2.45) is 0 Å². The number of hydrogen-bond acceptors (Lipinski definition) is 3. The second-order valence-electron chi connectivity index (χ2n) is 3.35. The van der Waals surface area contributed by atoms with Gasteiger partial charge in [0.25, 0.3) is 5.88 Å². The molecule has 2 aromatic rings. The Morgan fingerprint density at radius 3 is 2.59 bits per heavy atom. The van der Waals surface area contributed by atoms with Gasteiger partial charge in [-0.25, -0.2) is 4.98 Å². The molecule has 0 saturated heterocycles. The number of benzene rings is 1. The monoisotopic (exact) mass is 344 g/mol. The van der Waals surface area contributed by atoms with Crippen molar-refractivity contribution in [1.29, 1.82) is 0 Å². The fraction of sp³-hybridized carbons (Fsp3) is 0.167. The van der Waals surface area contributed by atoms with Crippen LogP contribution < -0.4 is 4.74 Å². The molecule has 0 unspecified atom stereocenters. The van der Waals surface area contributed by atoms with Gasteiger partial charge in [-0.1, -0.05) is 6.92 Å². The summed E-state index contributed by atoms with van der Waals surface area (Å²) < 4.78 is 20.3. The highest BCUT2D eigenvalue weighted by molar-refractivity contribution is 14.1. The van der Waals surface area contributed by atoms with Gasteiger partial charge in [-0.3, -0.25) is 0 Å². The maximum atomic E-state index is 13.8. The van der Waals surface area contributed by atoms with E-state index in [0.29, 0.717) is 17.9 Å². The number of aromatic nitrogens is 2. The summed E-state index contributed by atoms with van der Waals surface area (Å²) in [5, 5.41) is 0. The van der Waals surface area contributed by atoms with Crippen LogP contribution in [-0.2, 0) is 6.42 Å². The highest BCUT2D eigenvalue weighted by Gasteiger charge is 2.11. The summed E-state index contributed by atoms with van der Waals surface area (Å²) in [6, 6.07) is 7.31. The summed E-state index contributed by atoms with van der Waals surface area (Å²) in [5.41, 5.74) is 0.362. The van der Waals surface area contributed by atoms with Gasteiger partial charge in [0.1, 0.15) is 12.1 Å². The molecule has 1 aromatic carbocycles. The molecule has 0 aliphatic heterocycles. The number of aryl methyl sites for hydroxylation is 1. The average molecular weight is 344 g/mol. The van der Waals surface area contributed by atoms with Crippen LogP contribution in [0.2, 0.25) is 0 Å². The van der Waals surface area contributed by atoms with Crippen molar-refractivity contribution in [2.45, 2.75) is 13.3 Å². The Morgan fingerprint density at radius 1 is 1.24 bits per heavy atom. The number of rotatable bonds is 3. The van der Waals surface area contributed by atoms with Crippen LogP contribution in [0.15, 0.2) is 30.6 Å². The molecule has 0 atom stereocenters. The molecule has 0 fully saturated rings. The lowest BCUT2D eigenvalue weighted by atomic mass is 10.3. The van der Waals surface area contributed by atoms with Crippen LogP contribution in [0, 0.1) is 9.39 Å². The smallest absolute Gasteiger partial charge is 0.259 e. The predicted molar refractivity (Wildman–Crippen MR) is 70.6 cm³/mol. The fourth-order valence-corrected chi connectivity index (χ4v) is 1.68. The van der Waals surface area contributed by atoms with Crippen molar-refractivity contribution < 1.29 is 9.13 Å². The highest BCUT2D eigenvalue weighted by Crippen LogP contribution is 2.23. The van der Waals surface area contributed by atoms with Crippen LogP contribution in [-0.4, -0.2) is 9.97 Å². The maximum absolute atomic E-state index is 13.8. The van der Waals surface area contributed by atoms with E-state index in [4.69, 9.17) is 4.74 Å². The van der Waals surface area contributed by atoms with Crippen LogP contribution in [0.25, 0.3) is 0 Å². The quantitative estimate of drug-likeness (QED) is 0.799. The summed E-state index contributed by atoms with van der Waals surface area (Å²) in [6.45, 7) is 1.83. The Hall–Kier alpha value is -1.24. The highest BCUT2D eigenvalue weighted by atomic mass is 127. The van der Waals surface area contributed by atoms with Crippen molar-refractivity contribution >= 4 is 22.6 Å². The molecule has 0 aliphatic rings. The molecule has 5 heteroatoms. The molecule has 1 aromatic heterocycles. The lowest BCUT2D eigenvalue weighted by Crippen LogP contribution is -1.99. The minimum atomic E-state index is -0.492. The number of nitrogens with zero attached hydrogens (tertiary/aromatic N) is 2. The molecule has 0 N–H and O–H groups in total. The first kappa shape index (κ1) is 12.2. The number of hydrogen-bond donors (Lipinski definition) is 0. The Balaban J connectivity index is 2.27. The number of ether oxygens (including phenoxy) is 1. The molecular weight excluding hydrogens is 334 g/mol. The van der Waals surface area contributed by atoms with E-state index < -0.39 is 5.82 Å². The topological polar surface area (TPSA) is 35.0 Å². The molecule has 88 valence electrons. The van der Waals surface area contributed by atoms with Gasteiger partial charge in [0, 0.05) is 3.57 Å². The minimum absolute atomic E-state index is 0.0296. The van der Waals surface area contributed by atoms with Gasteiger partial charge in [-0.15, -0.1) is 0 Å². The molecule has 3 nitrogen and oxygen atoms in total. The molecule has 0 amide bonds. The van der Waals surface area contributed by atoms with Crippen LogP contribution in [0.5, 0.6) is 11.6 Å². The Bertz CT molecular complexity index is 516. The zero-order valence-corrected chi connectivity index (χ0v) is 11.3. The summed E-state index contributed by atoms with van der Waals surface area (Å²) in [4.78, 5) is 7.64. The second kappa shape index (κ2) is 5.39. The van der Waals surface area contributed by atoms with E-state index in [0.717, 1.165) is 3.57 Å². The van der Waals surface area contributed by atoms with Crippen LogP contribution >= 0.6 is 22.6 Å². The molecule has 1 heterocycles. The summed E-state index contributed by atoms with van der Waals surface area (Å²) >= 11 is 2.19. The molecule has 0 spiro atoms. The lowest BCUT2D eigenvalue weighted by molar-refractivity contribution is 0.415. The Labute approximate surface area is 112 Å². The molecule has 2 rings (SSSR count). The minimum Gasteiger partial charge on any atom is -0.436 e. The van der Waals surface area contributed by atoms with E-state index >= 15 is 0 Å². The standard InChI is InChI=1S/C12H10FIN2O/c1-2-10-11(13)12(16-7-15-10)17-9-5-3-8(14)4-6-9/h3-7H,2H2,1H3. The lowest BCUT2D eigenvalue weighted by Gasteiger charge is -2.07. The van der Waals surface area contributed by atoms with Crippen molar-refractivity contribution in [3.63, 3.8) is 0 Å². The summed E-state index contributed by atoms with van der Waals surface area (Å²) in [5.74, 6) is 0.0386. The first-order valence-electron chi connectivity index (χ1n) is 5.13. The summed E-state index contributed by atoms with van der Waals surface area (Å²) in [7, 11) is 0. The van der Waals surface area contributed by atoms with Gasteiger partial charge in [-0.2, -0.15) is 9.37 Å². The SMILES string of the molecule is CCc1ncnc(Oc2ccc(I)cc2)c1F. The van der Waals surface area contributed by atoms with Gasteiger partial charge in [-0.05, 0) is 53.3 Å². The van der Waals surface area contributed by atoms with Crippen LogP contribution in [0.1, 0.15) is 12.6 Å². The molecular formula is C12H10FIN2O. The van der Waals surface area contributed by atoms with Gasteiger partial charge >= 0.3 is 0 Å². The van der Waals surface area contributed by atoms with Gasteiger partial charge in [0.05, 0.1) is 5.69 Å². The van der Waals surface area contributed by atoms with Crippen LogP contribution in [0.3, 0.4) is 0 Å². The van der Waals surface area contributed by atoms with Crippen molar-refractivity contribution in [3.05, 3.63) is 45.7 Å². The Morgan fingerprint density at radius 2 is 1.94 bits per heavy atom. The van der Waals surface area contributed by atoms with E-state index in [1.54, 1.807) is 12.1 Å². The third-order valence-electron chi connectivity index (χ3n) is 2.19. The molecule has 0 bridgehead atoms.